The molecule has 0 saturated heterocycles. The molecule has 2 N–H and O–H groups in total. The van der Waals surface area contributed by atoms with Crippen molar-refractivity contribution in [3.63, 3.8) is 0 Å². The van der Waals surface area contributed by atoms with Gasteiger partial charge in [-0.1, -0.05) is 13.8 Å². The normalized spacial score (nSPS) is 15.0. The molecule has 0 amide bonds. The highest BCUT2D eigenvalue weighted by Crippen LogP contribution is 2.43. The molecule has 0 radical (unpaired) electrons. The minimum absolute atomic E-state index is 0.313. The van der Waals surface area contributed by atoms with E-state index >= 15 is 0 Å². The van der Waals surface area contributed by atoms with Crippen molar-refractivity contribution in [1.29, 1.82) is 0 Å². The molecule has 2 aromatic heterocycles. The fraction of sp³-hybridized carbons (Fsp3) is 0.348. The van der Waals surface area contributed by atoms with Crippen molar-refractivity contribution >= 4 is 11.4 Å². The lowest BCUT2D eigenvalue weighted by Crippen LogP contribution is -2.22. The second-order valence-electron chi connectivity index (χ2n) is 8.10. The molecule has 4 rings (SSSR count). The monoisotopic (exact) mass is 377 g/mol. The molecule has 0 aliphatic heterocycles. The van der Waals surface area contributed by atoms with E-state index in [0.29, 0.717) is 11.2 Å². The number of H-pyrrole nitrogens is 1. The number of anilines is 2. The van der Waals surface area contributed by atoms with E-state index < -0.39 is 0 Å². The second-order valence-corrected chi connectivity index (χ2v) is 8.10. The molecule has 0 bridgehead atoms. The predicted molar refractivity (Wildman–Crippen MR) is 113 cm³/mol. The largest absolute Gasteiger partial charge is 0.493 e. The first-order valence-electron chi connectivity index (χ1n) is 9.64. The summed E-state index contributed by atoms with van der Waals surface area (Å²) in [5, 5.41) is 3.65. The minimum Gasteiger partial charge on any atom is -0.493 e. The maximum absolute atomic E-state index is 5.47. The van der Waals surface area contributed by atoms with Crippen LogP contribution in [0.4, 0.5) is 11.4 Å². The Kier molecular flexibility index (Phi) is 4.75. The van der Waals surface area contributed by atoms with E-state index in [2.05, 4.69) is 29.1 Å². The Morgan fingerprint density at radius 2 is 1.79 bits per heavy atom. The topological polar surface area (TPSA) is 59.2 Å². The van der Waals surface area contributed by atoms with Crippen LogP contribution in [0.5, 0.6) is 11.5 Å². The summed E-state index contributed by atoms with van der Waals surface area (Å²) in [6, 6.07) is 10.0. The highest BCUT2D eigenvalue weighted by Gasteiger charge is 2.30. The zero-order valence-electron chi connectivity index (χ0n) is 16.9. The van der Waals surface area contributed by atoms with Gasteiger partial charge in [0.25, 0.3) is 0 Å². The highest BCUT2D eigenvalue weighted by molar-refractivity contribution is 5.83. The number of aromatic amines is 1. The predicted octanol–water partition coefficient (Wildman–Crippen LogP) is 5.35. The SMILES string of the molecule is COc1ccc(Nc2c(-c3ccncc3)[nH]c3c2CCC(C)(C)C3)cc1OC. The first-order chi connectivity index (χ1) is 13.5. The summed E-state index contributed by atoms with van der Waals surface area (Å²) >= 11 is 0. The molecule has 28 heavy (non-hydrogen) atoms. The summed E-state index contributed by atoms with van der Waals surface area (Å²) < 4.78 is 10.8. The first kappa shape index (κ1) is 18.4. The van der Waals surface area contributed by atoms with E-state index in [9.17, 15) is 0 Å². The Labute approximate surface area is 166 Å². The van der Waals surface area contributed by atoms with Gasteiger partial charge in [0.2, 0.25) is 0 Å². The third kappa shape index (κ3) is 3.44. The van der Waals surface area contributed by atoms with Crippen LogP contribution in [0.25, 0.3) is 11.3 Å². The van der Waals surface area contributed by atoms with Crippen LogP contribution in [0.3, 0.4) is 0 Å². The standard InChI is InChI=1S/C23H27N3O2/c1-23(2)10-7-17-18(14-23)26-21(15-8-11-24-12-9-15)22(17)25-16-5-6-19(27-3)20(13-16)28-4/h5-6,8-9,11-13,25-26H,7,10,14H2,1-4H3. The van der Waals surface area contributed by atoms with Crippen LogP contribution in [-0.4, -0.2) is 24.2 Å². The number of rotatable bonds is 5. The van der Waals surface area contributed by atoms with Crippen LogP contribution in [-0.2, 0) is 12.8 Å². The molecule has 0 fully saturated rings. The Bertz CT molecular complexity index is 977. The van der Waals surface area contributed by atoms with Crippen molar-refractivity contribution in [1.82, 2.24) is 9.97 Å². The minimum atomic E-state index is 0.313. The molecule has 0 spiro atoms. The quantitative estimate of drug-likeness (QED) is 0.629. The Hall–Kier alpha value is -2.95. The summed E-state index contributed by atoms with van der Waals surface area (Å²) in [6.07, 6.45) is 6.94. The number of nitrogens with one attached hydrogen (secondary N) is 2. The molecule has 0 saturated carbocycles. The van der Waals surface area contributed by atoms with Gasteiger partial charge in [-0.3, -0.25) is 4.98 Å². The van der Waals surface area contributed by atoms with Crippen LogP contribution in [0.15, 0.2) is 42.7 Å². The summed E-state index contributed by atoms with van der Waals surface area (Å²) in [5.41, 5.74) is 7.37. The fourth-order valence-electron chi connectivity index (χ4n) is 3.98. The summed E-state index contributed by atoms with van der Waals surface area (Å²) in [7, 11) is 3.31. The van der Waals surface area contributed by atoms with E-state index in [1.807, 2.05) is 42.7 Å². The Morgan fingerprint density at radius 1 is 1.04 bits per heavy atom. The summed E-state index contributed by atoms with van der Waals surface area (Å²) in [4.78, 5) is 7.87. The van der Waals surface area contributed by atoms with Crippen LogP contribution in [0.2, 0.25) is 0 Å². The lowest BCUT2D eigenvalue weighted by Gasteiger charge is -2.29. The Morgan fingerprint density at radius 3 is 2.50 bits per heavy atom. The molecule has 5 heteroatoms. The summed E-state index contributed by atoms with van der Waals surface area (Å²) in [5.74, 6) is 1.43. The van der Waals surface area contributed by atoms with Gasteiger partial charge in [0.15, 0.2) is 11.5 Å². The van der Waals surface area contributed by atoms with Crippen molar-refractivity contribution < 1.29 is 9.47 Å². The first-order valence-corrected chi connectivity index (χ1v) is 9.64. The van der Waals surface area contributed by atoms with Crippen molar-refractivity contribution in [2.45, 2.75) is 33.1 Å². The number of hydrogen-bond acceptors (Lipinski definition) is 4. The average molecular weight is 377 g/mol. The number of benzene rings is 1. The van der Waals surface area contributed by atoms with Crippen molar-refractivity contribution in [3.8, 4) is 22.8 Å². The average Bonchev–Trinajstić information content (AvgIpc) is 3.04. The van der Waals surface area contributed by atoms with E-state index in [0.717, 1.165) is 41.2 Å². The molecule has 3 aromatic rings. The van der Waals surface area contributed by atoms with E-state index in [-0.39, 0.29) is 0 Å². The zero-order valence-corrected chi connectivity index (χ0v) is 16.9. The van der Waals surface area contributed by atoms with E-state index in [4.69, 9.17) is 9.47 Å². The zero-order chi connectivity index (χ0) is 19.7. The third-order valence-electron chi connectivity index (χ3n) is 5.52. The molecule has 5 nitrogen and oxygen atoms in total. The highest BCUT2D eigenvalue weighted by atomic mass is 16.5. The van der Waals surface area contributed by atoms with Crippen LogP contribution in [0.1, 0.15) is 31.5 Å². The fourth-order valence-corrected chi connectivity index (χ4v) is 3.98. The van der Waals surface area contributed by atoms with Crippen LogP contribution in [0, 0.1) is 5.41 Å². The molecule has 146 valence electrons. The van der Waals surface area contributed by atoms with E-state index in [1.54, 1.807) is 14.2 Å². The smallest absolute Gasteiger partial charge is 0.162 e. The molecule has 1 aliphatic carbocycles. The number of aromatic nitrogens is 2. The van der Waals surface area contributed by atoms with Gasteiger partial charge in [-0.15, -0.1) is 0 Å². The van der Waals surface area contributed by atoms with Gasteiger partial charge in [-0.25, -0.2) is 0 Å². The van der Waals surface area contributed by atoms with Crippen molar-refractivity contribution in [2.75, 3.05) is 19.5 Å². The molecular weight excluding hydrogens is 350 g/mol. The molecule has 0 unspecified atom stereocenters. The van der Waals surface area contributed by atoms with Gasteiger partial charge in [0.05, 0.1) is 25.6 Å². The second kappa shape index (κ2) is 7.23. The number of hydrogen-bond donors (Lipinski definition) is 2. The molecule has 2 heterocycles. The number of pyridine rings is 1. The number of fused-ring (bicyclic) bond motifs is 1. The van der Waals surface area contributed by atoms with Gasteiger partial charge in [-0.2, -0.15) is 0 Å². The van der Waals surface area contributed by atoms with Gasteiger partial charge >= 0.3 is 0 Å². The van der Waals surface area contributed by atoms with E-state index in [1.165, 1.54) is 17.7 Å². The van der Waals surface area contributed by atoms with Gasteiger partial charge < -0.3 is 19.8 Å². The van der Waals surface area contributed by atoms with Gasteiger partial charge in [0, 0.05) is 35.4 Å². The summed E-state index contributed by atoms with van der Waals surface area (Å²) in [6.45, 7) is 4.68. The lowest BCUT2D eigenvalue weighted by molar-refractivity contribution is 0.313. The van der Waals surface area contributed by atoms with Crippen molar-refractivity contribution in [3.05, 3.63) is 54.0 Å². The lowest BCUT2D eigenvalue weighted by atomic mass is 9.76. The molecular formula is C23H27N3O2. The number of methoxy groups -OCH3 is 2. The Balaban J connectivity index is 1.78. The maximum atomic E-state index is 5.47. The molecule has 1 aromatic carbocycles. The van der Waals surface area contributed by atoms with Crippen LogP contribution >= 0.6 is 0 Å². The van der Waals surface area contributed by atoms with Gasteiger partial charge in [-0.05, 0) is 54.5 Å². The third-order valence-corrected chi connectivity index (χ3v) is 5.52. The molecule has 0 atom stereocenters. The number of nitrogens with zero attached hydrogens (tertiary/aromatic N) is 1. The van der Waals surface area contributed by atoms with Gasteiger partial charge in [0.1, 0.15) is 0 Å². The maximum Gasteiger partial charge on any atom is 0.162 e. The number of ether oxygens (including phenoxy) is 2. The van der Waals surface area contributed by atoms with Crippen LogP contribution < -0.4 is 14.8 Å². The molecule has 1 aliphatic rings. The van der Waals surface area contributed by atoms with Crippen molar-refractivity contribution in [2.24, 2.45) is 5.41 Å².